The van der Waals surface area contributed by atoms with E-state index in [1.807, 2.05) is 18.2 Å². The van der Waals surface area contributed by atoms with E-state index in [0.29, 0.717) is 16.3 Å². The van der Waals surface area contributed by atoms with Gasteiger partial charge in [0, 0.05) is 28.6 Å². The lowest BCUT2D eigenvalue weighted by Gasteiger charge is -2.04. The number of H-pyrrole nitrogens is 2. The van der Waals surface area contributed by atoms with Crippen molar-refractivity contribution in [2.75, 3.05) is 0 Å². The van der Waals surface area contributed by atoms with Gasteiger partial charge >= 0.3 is 5.69 Å². The van der Waals surface area contributed by atoms with Crippen LogP contribution < -0.4 is 11.2 Å². The highest BCUT2D eigenvalue weighted by Gasteiger charge is 2.39. The minimum atomic E-state index is -0.602. The Morgan fingerprint density at radius 1 is 1.18 bits per heavy atom. The maximum Gasteiger partial charge on any atom is 0.325 e. The van der Waals surface area contributed by atoms with Crippen molar-refractivity contribution < 1.29 is 0 Å². The van der Waals surface area contributed by atoms with Crippen molar-refractivity contribution in [1.82, 2.24) is 20.2 Å². The van der Waals surface area contributed by atoms with E-state index in [2.05, 4.69) is 32.0 Å². The largest absolute Gasteiger partial charge is 0.325 e. The van der Waals surface area contributed by atoms with Gasteiger partial charge in [-0.05, 0) is 42.3 Å². The van der Waals surface area contributed by atoms with E-state index < -0.39 is 11.2 Å². The first-order valence-electron chi connectivity index (χ1n) is 8.42. The molecule has 0 bridgehead atoms. The summed E-state index contributed by atoms with van der Waals surface area (Å²) < 4.78 is 0. The summed E-state index contributed by atoms with van der Waals surface area (Å²) in [4.78, 5) is 27.8. The van der Waals surface area contributed by atoms with Crippen LogP contribution in [-0.4, -0.2) is 20.2 Å². The molecule has 2 atom stereocenters. The summed E-state index contributed by atoms with van der Waals surface area (Å²) >= 11 is 5.87. The van der Waals surface area contributed by atoms with Crippen LogP contribution in [0.15, 0.2) is 46.1 Å². The van der Waals surface area contributed by atoms with Gasteiger partial charge in [0.15, 0.2) is 5.69 Å². The molecule has 0 radical (unpaired) electrons. The molecule has 1 aromatic carbocycles. The second-order valence-electron chi connectivity index (χ2n) is 6.36. The van der Waals surface area contributed by atoms with E-state index in [-0.39, 0.29) is 23.1 Å². The Hall–Kier alpha value is -3.68. The van der Waals surface area contributed by atoms with Crippen LogP contribution in [0.3, 0.4) is 0 Å². The Kier molecular flexibility index (Phi) is 4.52. The maximum atomic E-state index is 12.0. The number of halogens is 1. The molecule has 0 saturated heterocycles. The van der Waals surface area contributed by atoms with Gasteiger partial charge < -0.3 is 4.98 Å². The van der Waals surface area contributed by atoms with Gasteiger partial charge in [-0.1, -0.05) is 23.4 Å². The lowest BCUT2D eigenvalue weighted by molar-refractivity contribution is 0.936. The van der Waals surface area contributed by atoms with Gasteiger partial charge in [-0.15, -0.1) is 10.2 Å². The first-order chi connectivity index (χ1) is 13.5. The second-order valence-corrected chi connectivity index (χ2v) is 6.79. The molecule has 4 rings (SSSR count). The number of benzene rings is 1. The smallest absolute Gasteiger partial charge is 0.313 e. The number of nitrogens with zero attached hydrogens (tertiary/aromatic N) is 3. The Bertz CT molecular complexity index is 1280. The lowest BCUT2D eigenvalue weighted by atomic mass is 10.1. The van der Waals surface area contributed by atoms with Crippen molar-refractivity contribution in [1.29, 1.82) is 5.26 Å². The zero-order valence-corrected chi connectivity index (χ0v) is 15.1. The standard InChI is InChI=1S/C20H12ClN5O2/c21-13-5-2-11(3-6-13)1-4-12-7-14(12)15-8-17(25-26-18(15)9-22)16-10-23-20(28)24-19(16)27/h2-3,5-6,8,10,12,14H,7H2,(H2,23,24,27,28)/t12-,14-/m0/s1. The van der Waals surface area contributed by atoms with Crippen molar-refractivity contribution in [3.63, 3.8) is 0 Å². The third-order valence-corrected chi connectivity index (χ3v) is 4.71. The molecule has 28 heavy (non-hydrogen) atoms. The van der Waals surface area contributed by atoms with Crippen LogP contribution in [0.1, 0.15) is 29.2 Å². The van der Waals surface area contributed by atoms with Crippen molar-refractivity contribution in [2.45, 2.75) is 12.3 Å². The highest BCUT2D eigenvalue weighted by Crippen LogP contribution is 2.48. The first kappa shape index (κ1) is 17.7. The van der Waals surface area contributed by atoms with Gasteiger partial charge in [-0.25, -0.2) is 4.79 Å². The molecule has 7 nitrogen and oxygen atoms in total. The summed E-state index contributed by atoms with van der Waals surface area (Å²) in [6.45, 7) is 0. The number of rotatable bonds is 2. The molecule has 0 aliphatic heterocycles. The van der Waals surface area contributed by atoms with Crippen LogP contribution in [0.2, 0.25) is 5.02 Å². The molecule has 136 valence electrons. The molecule has 1 saturated carbocycles. The zero-order chi connectivity index (χ0) is 19.7. The average molecular weight is 390 g/mol. The predicted octanol–water partition coefficient (Wildman–Crippen LogP) is 2.20. The molecule has 1 aliphatic rings. The molecular formula is C20H12ClN5O2. The molecule has 3 aromatic rings. The third kappa shape index (κ3) is 3.57. The summed E-state index contributed by atoms with van der Waals surface area (Å²) in [5.41, 5.74) is 1.09. The van der Waals surface area contributed by atoms with Crippen molar-refractivity contribution in [3.05, 3.63) is 79.2 Å². The molecular weight excluding hydrogens is 378 g/mol. The van der Waals surface area contributed by atoms with Gasteiger partial charge in [0.1, 0.15) is 11.8 Å². The predicted molar refractivity (Wildman–Crippen MR) is 103 cm³/mol. The summed E-state index contributed by atoms with van der Waals surface area (Å²) in [6.07, 6.45) is 2.08. The lowest BCUT2D eigenvalue weighted by Crippen LogP contribution is -2.23. The number of aromatic nitrogens is 4. The fraction of sp³-hybridized carbons (Fsp3) is 0.150. The van der Waals surface area contributed by atoms with Crippen LogP contribution in [0.4, 0.5) is 0 Å². The topological polar surface area (TPSA) is 115 Å². The fourth-order valence-electron chi connectivity index (χ4n) is 2.91. The number of nitrogens with one attached hydrogen (secondary N) is 2. The van der Waals surface area contributed by atoms with Gasteiger partial charge in [-0.2, -0.15) is 5.26 Å². The number of hydrogen-bond donors (Lipinski definition) is 2. The van der Waals surface area contributed by atoms with Crippen LogP contribution in [0, 0.1) is 29.1 Å². The summed E-state index contributed by atoms with van der Waals surface area (Å²) in [7, 11) is 0. The highest BCUT2D eigenvalue weighted by atomic mass is 35.5. The highest BCUT2D eigenvalue weighted by molar-refractivity contribution is 6.30. The molecule has 1 fully saturated rings. The number of nitriles is 1. The molecule has 2 heterocycles. The van der Waals surface area contributed by atoms with Crippen molar-refractivity contribution >= 4 is 11.6 Å². The Morgan fingerprint density at radius 2 is 1.96 bits per heavy atom. The monoisotopic (exact) mass is 389 g/mol. The Morgan fingerprint density at radius 3 is 2.68 bits per heavy atom. The second kappa shape index (κ2) is 7.15. The van der Waals surface area contributed by atoms with Gasteiger partial charge in [-0.3, -0.25) is 9.78 Å². The molecule has 0 spiro atoms. The Labute approximate surface area is 164 Å². The molecule has 2 aromatic heterocycles. The average Bonchev–Trinajstić information content (AvgIpc) is 3.47. The molecule has 8 heteroatoms. The maximum absolute atomic E-state index is 12.0. The van der Waals surface area contributed by atoms with Gasteiger partial charge in [0.25, 0.3) is 5.56 Å². The minimum Gasteiger partial charge on any atom is -0.313 e. The van der Waals surface area contributed by atoms with Gasteiger partial charge in [0.2, 0.25) is 0 Å². The summed E-state index contributed by atoms with van der Waals surface area (Å²) in [5, 5.41) is 17.9. The van der Waals surface area contributed by atoms with E-state index in [1.165, 1.54) is 6.20 Å². The fourth-order valence-corrected chi connectivity index (χ4v) is 3.04. The minimum absolute atomic E-state index is 0.0468. The quantitative estimate of drug-likeness (QED) is 0.652. The van der Waals surface area contributed by atoms with Crippen molar-refractivity contribution in [2.24, 2.45) is 5.92 Å². The molecule has 0 amide bonds. The first-order valence-corrected chi connectivity index (χ1v) is 8.80. The van der Waals surface area contributed by atoms with Gasteiger partial charge in [0.05, 0.1) is 5.56 Å². The van der Waals surface area contributed by atoms with Crippen molar-refractivity contribution in [3.8, 4) is 29.2 Å². The van der Waals surface area contributed by atoms with Crippen LogP contribution in [0.25, 0.3) is 11.3 Å². The number of hydrogen-bond acceptors (Lipinski definition) is 5. The zero-order valence-electron chi connectivity index (χ0n) is 14.4. The van der Waals surface area contributed by atoms with Crippen LogP contribution >= 0.6 is 11.6 Å². The Balaban J connectivity index is 1.63. The summed E-state index contributed by atoms with van der Waals surface area (Å²) in [6, 6.07) is 11.0. The van der Waals surface area contributed by atoms with E-state index in [1.54, 1.807) is 18.2 Å². The normalized spacial score (nSPS) is 17.3. The number of aromatic amines is 2. The molecule has 2 N–H and O–H groups in total. The molecule has 0 unspecified atom stereocenters. The van der Waals surface area contributed by atoms with Crippen LogP contribution in [0.5, 0.6) is 0 Å². The van der Waals surface area contributed by atoms with E-state index in [0.717, 1.165) is 12.0 Å². The molecule has 1 aliphatic carbocycles. The van der Waals surface area contributed by atoms with E-state index in [9.17, 15) is 14.9 Å². The van der Waals surface area contributed by atoms with E-state index >= 15 is 0 Å². The SMILES string of the molecule is N#Cc1nnc(-c2c[nH]c(=O)[nH]c2=O)cc1[C@H]1C[C@@H]1C#Cc1ccc(Cl)cc1. The van der Waals surface area contributed by atoms with E-state index in [4.69, 9.17) is 11.6 Å². The van der Waals surface area contributed by atoms with Crippen LogP contribution in [-0.2, 0) is 0 Å². The third-order valence-electron chi connectivity index (χ3n) is 4.46. The summed E-state index contributed by atoms with van der Waals surface area (Å²) in [5.74, 6) is 6.45.